The van der Waals surface area contributed by atoms with Crippen molar-refractivity contribution in [2.24, 2.45) is 29.4 Å². The van der Waals surface area contributed by atoms with Crippen LogP contribution in [-0.2, 0) is 12.7 Å². The van der Waals surface area contributed by atoms with Crippen LogP contribution in [0.1, 0.15) is 67.7 Å². The molecular weight excluding hydrogens is 605 g/mol. The molecule has 0 saturated heterocycles. The Labute approximate surface area is 248 Å². The highest BCUT2D eigenvalue weighted by Crippen LogP contribution is 2.49. The van der Waals surface area contributed by atoms with Crippen LogP contribution in [-0.4, -0.2) is 58.7 Å². The summed E-state index contributed by atoms with van der Waals surface area (Å²) in [5.74, 6) is -4.97. The minimum absolute atomic E-state index is 0.0136. The minimum atomic E-state index is -4.81. The molecule has 0 spiro atoms. The molecule has 246 valence electrons. The third-order valence-electron chi connectivity index (χ3n) is 9.05. The zero-order valence-corrected chi connectivity index (χ0v) is 24.2. The van der Waals surface area contributed by atoms with Gasteiger partial charge in [0.2, 0.25) is 0 Å². The summed E-state index contributed by atoms with van der Waals surface area (Å²) < 4.78 is 125. The van der Waals surface area contributed by atoms with Crippen LogP contribution in [0.3, 0.4) is 0 Å². The smallest absolute Gasteiger partial charge is 0.371 e. The molecule has 16 heteroatoms. The van der Waals surface area contributed by atoms with E-state index < -0.39 is 67.2 Å². The molecule has 0 radical (unpaired) electrons. The van der Waals surface area contributed by atoms with Crippen molar-refractivity contribution in [3.63, 3.8) is 0 Å². The zero-order valence-electron chi connectivity index (χ0n) is 24.2. The van der Waals surface area contributed by atoms with Gasteiger partial charge >= 0.3 is 18.5 Å². The van der Waals surface area contributed by atoms with Gasteiger partial charge in [0.1, 0.15) is 0 Å². The van der Waals surface area contributed by atoms with Gasteiger partial charge < -0.3 is 15.5 Å². The first kappa shape index (κ1) is 32.6. The highest BCUT2D eigenvalue weighted by Gasteiger charge is 2.52. The number of fused-ring (bicyclic) bond motifs is 1. The van der Waals surface area contributed by atoms with Gasteiger partial charge in [-0.15, -0.1) is 5.10 Å². The fraction of sp³-hybridized carbons (Fsp3) is 0.750. The van der Waals surface area contributed by atoms with E-state index in [1.165, 1.54) is 17.8 Å². The molecule has 2 heterocycles. The predicted octanol–water partition coefficient (Wildman–Crippen LogP) is 6.67. The summed E-state index contributed by atoms with van der Waals surface area (Å²) >= 11 is 0. The molecule has 1 aliphatic heterocycles. The fourth-order valence-corrected chi connectivity index (χ4v) is 6.75. The van der Waals surface area contributed by atoms with Gasteiger partial charge in [-0.3, -0.25) is 0 Å². The SMILES string of the molecule is Cc1cc2c(cc1C(F)(F)F)N(CC1CC1)CCC[C@@H]2N(CC1CC(C(F)(F)F)C[C@@H](C(F)(F)F)C1)c1nnn(CCN)n1. The van der Waals surface area contributed by atoms with Crippen LogP contribution >= 0.6 is 0 Å². The molecule has 2 fully saturated rings. The number of aromatic nitrogens is 4. The summed E-state index contributed by atoms with van der Waals surface area (Å²) in [5.41, 5.74) is 5.67. The maximum Gasteiger partial charge on any atom is 0.416 e. The molecule has 3 aliphatic rings. The standard InChI is InChI=1S/C28H36F9N7/c1-16-9-21-23(3-2-7-42(14-17-4-5-17)24(21)13-22(16)28(35,36)37)43(25-39-41-44(40-25)8-6-38)15-18-10-19(26(29,30)31)12-20(11-18)27(32,33)34/h9,13,17-20,23H,2-8,10-12,14-15,38H2,1H3/t18?,19-,20?,23-/m0/s1. The Balaban J connectivity index is 1.58. The second-order valence-corrected chi connectivity index (χ2v) is 12.4. The molecule has 1 aromatic heterocycles. The third-order valence-corrected chi connectivity index (χ3v) is 9.05. The van der Waals surface area contributed by atoms with Crippen molar-refractivity contribution in [2.75, 3.05) is 36.0 Å². The molecular formula is C28H36F9N7. The normalized spacial score (nSPS) is 25.1. The highest BCUT2D eigenvalue weighted by atomic mass is 19.4. The van der Waals surface area contributed by atoms with E-state index in [4.69, 9.17) is 5.73 Å². The second-order valence-electron chi connectivity index (χ2n) is 12.4. The van der Waals surface area contributed by atoms with Crippen LogP contribution in [0.4, 0.5) is 51.1 Å². The zero-order chi connectivity index (χ0) is 32.0. The number of nitrogens with two attached hydrogens (primary N) is 1. The number of tetrazole rings is 1. The molecule has 2 aromatic rings. The lowest BCUT2D eigenvalue weighted by Crippen LogP contribution is -2.43. The van der Waals surface area contributed by atoms with E-state index in [1.54, 1.807) is 4.90 Å². The van der Waals surface area contributed by atoms with Crippen molar-refractivity contribution >= 4 is 11.6 Å². The van der Waals surface area contributed by atoms with E-state index in [9.17, 15) is 39.5 Å². The summed E-state index contributed by atoms with van der Waals surface area (Å²) in [5, 5.41) is 12.4. The van der Waals surface area contributed by atoms with Gasteiger partial charge in [-0.05, 0) is 86.1 Å². The van der Waals surface area contributed by atoms with Crippen LogP contribution in [0.25, 0.3) is 0 Å². The molecule has 44 heavy (non-hydrogen) atoms. The average Bonchev–Trinajstić information content (AvgIpc) is 3.65. The third kappa shape index (κ3) is 7.36. The number of benzene rings is 1. The van der Waals surface area contributed by atoms with E-state index in [1.807, 2.05) is 4.90 Å². The minimum Gasteiger partial charge on any atom is -0.371 e. The number of anilines is 2. The molecule has 4 atom stereocenters. The summed E-state index contributed by atoms with van der Waals surface area (Å²) in [4.78, 5) is 4.68. The molecule has 2 saturated carbocycles. The predicted molar refractivity (Wildman–Crippen MR) is 144 cm³/mol. The molecule has 2 aliphatic carbocycles. The van der Waals surface area contributed by atoms with E-state index in [-0.39, 0.29) is 31.1 Å². The van der Waals surface area contributed by atoms with Crippen molar-refractivity contribution in [1.29, 1.82) is 0 Å². The summed E-state index contributed by atoms with van der Waals surface area (Å²) in [6.07, 6.45) is -13.4. The van der Waals surface area contributed by atoms with Gasteiger partial charge in [0.25, 0.3) is 5.95 Å². The number of nitrogens with zero attached hydrogens (tertiary/aromatic N) is 6. The Morgan fingerprint density at radius 1 is 0.909 bits per heavy atom. The van der Waals surface area contributed by atoms with Crippen LogP contribution < -0.4 is 15.5 Å². The molecule has 5 rings (SSSR count). The quantitative estimate of drug-likeness (QED) is 0.325. The monoisotopic (exact) mass is 641 g/mol. The van der Waals surface area contributed by atoms with Crippen molar-refractivity contribution in [3.8, 4) is 0 Å². The Kier molecular flexibility index (Phi) is 9.04. The van der Waals surface area contributed by atoms with Gasteiger partial charge in [-0.25, -0.2) is 0 Å². The Morgan fingerprint density at radius 2 is 1.57 bits per heavy atom. The van der Waals surface area contributed by atoms with E-state index in [0.717, 1.165) is 18.9 Å². The maximum atomic E-state index is 14.0. The van der Waals surface area contributed by atoms with Gasteiger partial charge in [-0.2, -0.15) is 44.3 Å². The van der Waals surface area contributed by atoms with Crippen molar-refractivity contribution in [2.45, 2.75) is 83.0 Å². The lowest BCUT2D eigenvalue weighted by atomic mass is 9.74. The Bertz CT molecular complexity index is 1260. The largest absolute Gasteiger partial charge is 0.416 e. The summed E-state index contributed by atoms with van der Waals surface area (Å²) in [6.45, 7) is 2.44. The van der Waals surface area contributed by atoms with Crippen LogP contribution in [0.2, 0.25) is 0 Å². The number of alkyl halides is 9. The second kappa shape index (κ2) is 12.2. The first-order valence-electron chi connectivity index (χ1n) is 14.9. The summed E-state index contributed by atoms with van der Waals surface area (Å²) in [6, 6.07) is 1.87. The van der Waals surface area contributed by atoms with Crippen LogP contribution in [0.15, 0.2) is 12.1 Å². The summed E-state index contributed by atoms with van der Waals surface area (Å²) in [7, 11) is 0. The van der Waals surface area contributed by atoms with E-state index >= 15 is 0 Å². The first-order chi connectivity index (χ1) is 20.5. The number of rotatable bonds is 8. The Hall–Kier alpha value is -2.78. The topological polar surface area (TPSA) is 76.1 Å². The van der Waals surface area contributed by atoms with Crippen molar-refractivity contribution < 1.29 is 39.5 Å². The van der Waals surface area contributed by atoms with Gasteiger partial charge in [0.15, 0.2) is 0 Å². The van der Waals surface area contributed by atoms with Gasteiger partial charge in [0, 0.05) is 31.9 Å². The van der Waals surface area contributed by atoms with Gasteiger partial charge in [0.05, 0.1) is 30.0 Å². The fourth-order valence-electron chi connectivity index (χ4n) is 6.75. The average molecular weight is 642 g/mol. The van der Waals surface area contributed by atoms with E-state index in [0.29, 0.717) is 43.1 Å². The molecule has 7 nitrogen and oxygen atoms in total. The molecule has 1 aromatic carbocycles. The number of aryl methyl sites for hydroxylation is 1. The molecule has 0 amide bonds. The van der Waals surface area contributed by atoms with E-state index in [2.05, 4.69) is 15.4 Å². The lowest BCUT2D eigenvalue weighted by Gasteiger charge is -2.40. The first-order valence-corrected chi connectivity index (χ1v) is 14.9. The highest BCUT2D eigenvalue weighted by molar-refractivity contribution is 5.62. The number of hydrogen-bond donors (Lipinski definition) is 1. The van der Waals surface area contributed by atoms with Crippen molar-refractivity contribution in [1.82, 2.24) is 20.2 Å². The lowest BCUT2D eigenvalue weighted by molar-refractivity contribution is -0.228. The van der Waals surface area contributed by atoms with Crippen LogP contribution in [0.5, 0.6) is 0 Å². The Morgan fingerprint density at radius 3 is 2.14 bits per heavy atom. The van der Waals surface area contributed by atoms with Crippen LogP contribution in [0, 0.1) is 30.6 Å². The number of hydrogen-bond acceptors (Lipinski definition) is 6. The van der Waals surface area contributed by atoms with Gasteiger partial charge in [-0.1, -0.05) is 11.2 Å². The maximum absolute atomic E-state index is 14.0. The number of halogens is 9. The molecule has 2 N–H and O–H groups in total. The molecule has 2 unspecified atom stereocenters. The molecule has 0 bridgehead atoms. The van der Waals surface area contributed by atoms with Crippen molar-refractivity contribution in [3.05, 3.63) is 28.8 Å².